The van der Waals surface area contributed by atoms with Crippen molar-refractivity contribution in [3.05, 3.63) is 12.4 Å². The van der Waals surface area contributed by atoms with E-state index in [2.05, 4.69) is 10.3 Å². The fraction of sp³-hybridized carbons (Fsp3) is 0.500. The maximum absolute atomic E-state index is 9.10. The van der Waals surface area contributed by atoms with Crippen LogP contribution in [0.3, 0.4) is 0 Å². The summed E-state index contributed by atoms with van der Waals surface area (Å²) in [7, 11) is 1.98. The molecular formula is C10H17N3O5S. The number of aryl methyl sites for hydroxylation is 1. The average molecular weight is 291 g/mol. The lowest BCUT2D eigenvalue weighted by molar-refractivity contribution is -0.159. The van der Waals surface area contributed by atoms with Crippen molar-refractivity contribution in [1.29, 1.82) is 0 Å². The molecule has 19 heavy (non-hydrogen) atoms. The molecule has 9 heteroatoms. The summed E-state index contributed by atoms with van der Waals surface area (Å²) >= 11 is 1.71. The molecule has 0 aliphatic rings. The predicted molar refractivity (Wildman–Crippen MR) is 69.2 cm³/mol. The van der Waals surface area contributed by atoms with Gasteiger partial charge in [0, 0.05) is 38.3 Å². The number of carbonyl (C=O) groups is 2. The van der Waals surface area contributed by atoms with Crippen LogP contribution in [0.4, 0.5) is 0 Å². The Balaban J connectivity index is 0.000000459. The summed E-state index contributed by atoms with van der Waals surface area (Å²) in [5.74, 6) is -2.67. The second kappa shape index (κ2) is 10.4. The lowest BCUT2D eigenvalue weighted by atomic mass is 10.6. The van der Waals surface area contributed by atoms with Crippen molar-refractivity contribution in [2.45, 2.75) is 5.16 Å². The second-order valence-electron chi connectivity index (χ2n) is 3.25. The zero-order valence-corrected chi connectivity index (χ0v) is 11.3. The number of hydrogen-bond donors (Lipinski definition) is 4. The van der Waals surface area contributed by atoms with Gasteiger partial charge in [-0.25, -0.2) is 14.6 Å². The zero-order valence-electron chi connectivity index (χ0n) is 10.4. The minimum absolute atomic E-state index is 0.201. The highest BCUT2D eigenvalue weighted by atomic mass is 32.2. The minimum Gasteiger partial charge on any atom is -0.473 e. The molecule has 0 fully saturated rings. The number of aliphatic carboxylic acids is 2. The molecule has 1 rings (SSSR count). The maximum atomic E-state index is 9.10. The standard InChI is InChI=1S/C8H15N3OS.C2H2O4/c1-11-5-2-10-8(11)13-7-4-9-3-6-12;3-1(4)2(5)6/h2,5,9,12H,3-4,6-7H2,1H3;(H,3,4)(H,5,6). The topological polar surface area (TPSA) is 125 Å². The van der Waals surface area contributed by atoms with Gasteiger partial charge in [-0.3, -0.25) is 0 Å². The van der Waals surface area contributed by atoms with Gasteiger partial charge in [-0.1, -0.05) is 11.8 Å². The molecule has 0 unspecified atom stereocenters. The Labute approximate surface area is 114 Å². The number of carboxylic acids is 2. The summed E-state index contributed by atoms with van der Waals surface area (Å²) in [5, 5.41) is 27.4. The number of nitrogens with zero attached hydrogens (tertiary/aromatic N) is 2. The third-order valence-corrected chi connectivity index (χ3v) is 2.82. The van der Waals surface area contributed by atoms with Gasteiger partial charge in [0.15, 0.2) is 5.16 Å². The minimum atomic E-state index is -1.82. The number of rotatable bonds is 6. The molecule has 0 saturated carbocycles. The van der Waals surface area contributed by atoms with E-state index < -0.39 is 11.9 Å². The fourth-order valence-electron chi connectivity index (χ4n) is 0.910. The van der Waals surface area contributed by atoms with Crippen LogP contribution in [-0.2, 0) is 16.6 Å². The number of aromatic nitrogens is 2. The average Bonchev–Trinajstić information content (AvgIpc) is 2.75. The zero-order chi connectivity index (χ0) is 14.7. The Bertz CT molecular complexity index is 384. The van der Waals surface area contributed by atoms with Crippen molar-refractivity contribution in [2.75, 3.05) is 25.4 Å². The summed E-state index contributed by atoms with van der Waals surface area (Å²) in [6.45, 7) is 1.77. The molecule has 0 atom stereocenters. The van der Waals surface area contributed by atoms with E-state index in [9.17, 15) is 0 Å². The second-order valence-corrected chi connectivity index (χ2v) is 4.32. The molecule has 0 spiro atoms. The Morgan fingerprint density at radius 1 is 1.37 bits per heavy atom. The smallest absolute Gasteiger partial charge is 0.414 e. The number of aliphatic hydroxyl groups is 1. The van der Waals surface area contributed by atoms with Gasteiger partial charge < -0.3 is 25.2 Å². The maximum Gasteiger partial charge on any atom is 0.414 e. The number of imidazole rings is 1. The summed E-state index contributed by atoms with van der Waals surface area (Å²) < 4.78 is 2.00. The normalized spacial score (nSPS) is 9.58. The number of aliphatic hydroxyl groups excluding tert-OH is 1. The molecular weight excluding hydrogens is 274 g/mol. The Morgan fingerprint density at radius 2 is 2.00 bits per heavy atom. The first-order valence-corrected chi connectivity index (χ1v) is 6.35. The van der Waals surface area contributed by atoms with Gasteiger partial charge in [0.25, 0.3) is 0 Å². The van der Waals surface area contributed by atoms with Crippen LogP contribution >= 0.6 is 11.8 Å². The van der Waals surface area contributed by atoms with E-state index in [-0.39, 0.29) is 6.61 Å². The van der Waals surface area contributed by atoms with E-state index >= 15 is 0 Å². The van der Waals surface area contributed by atoms with Gasteiger partial charge in [0.2, 0.25) is 0 Å². The number of hydrogen-bond acceptors (Lipinski definition) is 6. The Morgan fingerprint density at radius 3 is 2.42 bits per heavy atom. The first-order chi connectivity index (χ1) is 8.99. The molecule has 8 nitrogen and oxygen atoms in total. The number of carboxylic acid groups (broad SMARTS) is 2. The Kier molecular flexibility index (Phi) is 9.49. The molecule has 1 aromatic heterocycles. The van der Waals surface area contributed by atoms with Crippen molar-refractivity contribution < 1.29 is 24.9 Å². The first-order valence-electron chi connectivity index (χ1n) is 5.37. The van der Waals surface area contributed by atoms with E-state index in [0.29, 0.717) is 6.54 Å². The van der Waals surface area contributed by atoms with E-state index in [4.69, 9.17) is 24.9 Å². The first kappa shape index (κ1) is 17.4. The van der Waals surface area contributed by atoms with Crippen LogP contribution in [0.1, 0.15) is 0 Å². The fourth-order valence-corrected chi connectivity index (χ4v) is 1.74. The molecule has 0 saturated heterocycles. The highest BCUT2D eigenvalue weighted by Crippen LogP contribution is 2.12. The molecule has 0 aromatic carbocycles. The molecule has 4 N–H and O–H groups in total. The Hall–Kier alpha value is -1.58. The van der Waals surface area contributed by atoms with Gasteiger partial charge in [0.05, 0.1) is 6.61 Å². The molecule has 0 aliphatic carbocycles. The largest absolute Gasteiger partial charge is 0.473 e. The third kappa shape index (κ3) is 9.05. The van der Waals surface area contributed by atoms with Crippen LogP contribution in [0.2, 0.25) is 0 Å². The summed E-state index contributed by atoms with van der Waals surface area (Å²) in [6.07, 6.45) is 3.73. The molecule has 1 aromatic rings. The van der Waals surface area contributed by atoms with E-state index in [1.165, 1.54) is 0 Å². The van der Waals surface area contributed by atoms with Gasteiger partial charge in [0.1, 0.15) is 0 Å². The lowest BCUT2D eigenvalue weighted by Gasteiger charge is -2.02. The van der Waals surface area contributed by atoms with E-state index in [1.807, 2.05) is 17.8 Å². The van der Waals surface area contributed by atoms with Gasteiger partial charge in [-0.2, -0.15) is 0 Å². The van der Waals surface area contributed by atoms with Crippen molar-refractivity contribution in [3.8, 4) is 0 Å². The SMILES string of the molecule is Cn1ccnc1SCCNCCO.O=C(O)C(=O)O. The summed E-state index contributed by atoms with van der Waals surface area (Å²) in [5.41, 5.74) is 0. The summed E-state index contributed by atoms with van der Waals surface area (Å²) in [4.78, 5) is 22.4. The van der Waals surface area contributed by atoms with Crippen LogP contribution in [-0.4, -0.2) is 62.3 Å². The molecule has 0 radical (unpaired) electrons. The van der Waals surface area contributed by atoms with Crippen LogP contribution in [0.5, 0.6) is 0 Å². The van der Waals surface area contributed by atoms with Gasteiger partial charge >= 0.3 is 11.9 Å². The van der Waals surface area contributed by atoms with Crippen LogP contribution < -0.4 is 5.32 Å². The van der Waals surface area contributed by atoms with Crippen molar-refractivity contribution >= 4 is 23.7 Å². The lowest BCUT2D eigenvalue weighted by Crippen LogP contribution is -2.20. The molecule has 108 valence electrons. The van der Waals surface area contributed by atoms with E-state index in [1.54, 1.807) is 18.0 Å². The van der Waals surface area contributed by atoms with Crippen LogP contribution in [0, 0.1) is 0 Å². The van der Waals surface area contributed by atoms with Crippen LogP contribution in [0.25, 0.3) is 0 Å². The third-order valence-electron chi connectivity index (χ3n) is 1.76. The molecule has 1 heterocycles. The monoisotopic (exact) mass is 291 g/mol. The highest BCUT2D eigenvalue weighted by Gasteiger charge is 2.04. The number of thioether (sulfide) groups is 1. The van der Waals surface area contributed by atoms with E-state index in [0.717, 1.165) is 17.5 Å². The van der Waals surface area contributed by atoms with Gasteiger partial charge in [-0.05, 0) is 0 Å². The summed E-state index contributed by atoms with van der Waals surface area (Å²) in [6, 6.07) is 0. The molecule has 0 amide bonds. The predicted octanol–water partition coefficient (Wildman–Crippen LogP) is -0.750. The van der Waals surface area contributed by atoms with Gasteiger partial charge in [-0.15, -0.1) is 0 Å². The van der Waals surface area contributed by atoms with Crippen LogP contribution in [0.15, 0.2) is 17.6 Å². The quantitative estimate of drug-likeness (QED) is 0.306. The van der Waals surface area contributed by atoms with Crippen molar-refractivity contribution in [3.63, 3.8) is 0 Å². The van der Waals surface area contributed by atoms with Crippen molar-refractivity contribution in [1.82, 2.24) is 14.9 Å². The highest BCUT2D eigenvalue weighted by molar-refractivity contribution is 7.99. The molecule has 0 aliphatic heterocycles. The number of nitrogens with one attached hydrogen (secondary N) is 1. The van der Waals surface area contributed by atoms with Crippen molar-refractivity contribution in [2.24, 2.45) is 7.05 Å². The molecule has 0 bridgehead atoms.